The zero-order valence-corrected chi connectivity index (χ0v) is 14.0. The van der Waals surface area contributed by atoms with Gasteiger partial charge in [0.25, 0.3) is 5.91 Å². The Labute approximate surface area is 148 Å². The van der Waals surface area contributed by atoms with E-state index in [1.807, 2.05) is 0 Å². The van der Waals surface area contributed by atoms with E-state index in [1.54, 1.807) is 36.4 Å². The molecule has 0 spiro atoms. The quantitative estimate of drug-likeness (QED) is 0.841. The number of carbonyl (C=O) groups is 2. The van der Waals surface area contributed by atoms with Gasteiger partial charge in [-0.1, -0.05) is 23.7 Å². The molecule has 1 amide bonds. The van der Waals surface area contributed by atoms with E-state index in [4.69, 9.17) is 25.8 Å². The Balaban J connectivity index is 1.55. The van der Waals surface area contributed by atoms with Gasteiger partial charge < -0.3 is 19.5 Å². The number of pyridine rings is 1. The number of ether oxygens (including phenoxy) is 3. The van der Waals surface area contributed by atoms with Gasteiger partial charge >= 0.3 is 5.97 Å². The van der Waals surface area contributed by atoms with Crippen LogP contribution in [0.2, 0.25) is 5.02 Å². The van der Waals surface area contributed by atoms with E-state index in [1.165, 1.54) is 13.1 Å². The molecule has 2 aromatic rings. The van der Waals surface area contributed by atoms with E-state index in [0.29, 0.717) is 22.3 Å². The maximum atomic E-state index is 12.2. The number of esters is 1. The van der Waals surface area contributed by atoms with E-state index >= 15 is 0 Å². The molecule has 0 saturated carbocycles. The largest absolute Gasteiger partial charge is 0.485 e. The van der Waals surface area contributed by atoms with Crippen molar-refractivity contribution in [1.29, 1.82) is 0 Å². The summed E-state index contributed by atoms with van der Waals surface area (Å²) in [4.78, 5) is 28.2. The molecular formula is C17H15ClN2O5. The number of carbonyl (C=O) groups excluding carboxylic acids is 2. The van der Waals surface area contributed by atoms with Crippen LogP contribution in [-0.4, -0.2) is 35.7 Å². The van der Waals surface area contributed by atoms with Crippen molar-refractivity contribution in [1.82, 2.24) is 4.98 Å². The Hall–Kier alpha value is -2.80. The van der Waals surface area contributed by atoms with Crippen molar-refractivity contribution in [2.24, 2.45) is 0 Å². The fourth-order valence-electron chi connectivity index (χ4n) is 2.12. The monoisotopic (exact) mass is 362 g/mol. The zero-order valence-electron chi connectivity index (χ0n) is 13.3. The lowest BCUT2D eigenvalue weighted by Gasteiger charge is -2.25. The van der Waals surface area contributed by atoms with Crippen molar-refractivity contribution in [3.8, 4) is 11.5 Å². The molecular weight excluding hydrogens is 348 g/mol. The number of benzene rings is 1. The number of nitrogens with zero attached hydrogens (tertiary/aromatic N) is 1. The van der Waals surface area contributed by atoms with Crippen molar-refractivity contribution >= 4 is 29.3 Å². The lowest BCUT2D eigenvalue weighted by atomic mass is 10.2. The number of amides is 1. The van der Waals surface area contributed by atoms with Crippen LogP contribution in [0.15, 0.2) is 42.6 Å². The van der Waals surface area contributed by atoms with Crippen molar-refractivity contribution in [3.63, 3.8) is 0 Å². The number of nitrogens with one attached hydrogen (secondary N) is 1. The summed E-state index contributed by atoms with van der Waals surface area (Å²) in [6.07, 6.45) is -0.553. The van der Waals surface area contributed by atoms with E-state index in [-0.39, 0.29) is 6.61 Å². The Bertz CT molecular complexity index is 781. The van der Waals surface area contributed by atoms with Crippen molar-refractivity contribution in [2.75, 3.05) is 11.9 Å². The number of halogens is 1. The molecule has 0 bridgehead atoms. The molecule has 1 aliphatic heterocycles. The lowest BCUT2D eigenvalue weighted by molar-refractivity contribution is -0.162. The summed E-state index contributed by atoms with van der Waals surface area (Å²) >= 11 is 5.73. The topological polar surface area (TPSA) is 86.8 Å². The highest BCUT2D eigenvalue weighted by Crippen LogP contribution is 2.31. The Morgan fingerprint density at radius 2 is 2.04 bits per heavy atom. The van der Waals surface area contributed by atoms with Gasteiger partial charge in [-0.15, -0.1) is 0 Å². The number of rotatable bonds is 4. The summed E-state index contributed by atoms with van der Waals surface area (Å²) in [7, 11) is 0. The van der Waals surface area contributed by atoms with Crippen LogP contribution >= 0.6 is 11.6 Å². The average molecular weight is 363 g/mol. The molecule has 7 nitrogen and oxygen atoms in total. The minimum absolute atomic E-state index is 0.0168. The van der Waals surface area contributed by atoms with Crippen LogP contribution in [0.3, 0.4) is 0 Å². The molecule has 2 atom stereocenters. The standard InChI is InChI=1S/C17H15ClN2O5/c1-10(16(21)20-15-7-6-11(18)8-19-15)24-17(22)14-9-23-12-4-2-3-5-13(12)25-14/h2-8,10,14H,9H2,1H3,(H,19,20,21)/t10-,14-/m1/s1. The average Bonchev–Trinajstić information content (AvgIpc) is 2.63. The molecule has 3 rings (SSSR count). The summed E-state index contributed by atoms with van der Waals surface area (Å²) in [6.45, 7) is 1.48. The first-order chi connectivity index (χ1) is 12.0. The number of aromatic nitrogens is 1. The maximum Gasteiger partial charge on any atom is 0.351 e. The highest BCUT2D eigenvalue weighted by atomic mass is 35.5. The van der Waals surface area contributed by atoms with Gasteiger partial charge in [-0.2, -0.15) is 0 Å². The molecule has 0 radical (unpaired) electrons. The molecule has 1 aromatic heterocycles. The summed E-state index contributed by atoms with van der Waals surface area (Å²) < 4.78 is 16.2. The van der Waals surface area contributed by atoms with Gasteiger partial charge in [0, 0.05) is 6.20 Å². The number of anilines is 1. The predicted molar refractivity (Wildman–Crippen MR) is 89.8 cm³/mol. The van der Waals surface area contributed by atoms with E-state index in [2.05, 4.69) is 10.3 Å². The molecule has 25 heavy (non-hydrogen) atoms. The maximum absolute atomic E-state index is 12.2. The van der Waals surface area contributed by atoms with Gasteiger partial charge in [0.15, 0.2) is 17.6 Å². The van der Waals surface area contributed by atoms with Crippen molar-refractivity contribution in [2.45, 2.75) is 19.1 Å². The van der Waals surface area contributed by atoms with Crippen molar-refractivity contribution in [3.05, 3.63) is 47.6 Å². The van der Waals surface area contributed by atoms with E-state index in [9.17, 15) is 9.59 Å². The summed E-state index contributed by atoms with van der Waals surface area (Å²) in [5.74, 6) is 0.134. The van der Waals surface area contributed by atoms with Crippen LogP contribution in [0.1, 0.15) is 6.92 Å². The second-order valence-corrected chi connectivity index (χ2v) is 5.73. The van der Waals surface area contributed by atoms with Crippen LogP contribution in [0.25, 0.3) is 0 Å². The van der Waals surface area contributed by atoms with Crippen LogP contribution in [0.4, 0.5) is 5.82 Å². The Kier molecular flexibility index (Phi) is 5.04. The third-order valence-corrected chi connectivity index (χ3v) is 3.64. The molecule has 8 heteroatoms. The molecule has 0 aliphatic carbocycles. The zero-order chi connectivity index (χ0) is 17.8. The molecule has 0 unspecified atom stereocenters. The van der Waals surface area contributed by atoms with Crippen molar-refractivity contribution < 1.29 is 23.8 Å². The molecule has 2 heterocycles. The molecule has 130 valence electrons. The first kappa shape index (κ1) is 17.0. The third kappa shape index (κ3) is 4.19. The SMILES string of the molecule is C[C@@H](OC(=O)[C@H]1COc2ccccc2O1)C(=O)Nc1ccc(Cl)cn1. The van der Waals surface area contributed by atoms with Crippen LogP contribution in [0.5, 0.6) is 11.5 Å². The second-order valence-electron chi connectivity index (χ2n) is 5.29. The molecule has 1 aromatic carbocycles. The third-order valence-electron chi connectivity index (χ3n) is 3.41. The molecule has 0 fully saturated rings. The van der Waals surface area contributed by atoms with Crippen LogP contribution in [0, 0.1) is 0 Å². The molecule has 1 aliphatic rings. The Morgan fingerprint density at radius 3 is 2.76 bits per heavy atom. The van der Waals surface area contributed by atoms with E-state index in [0.717, 1.165) is 0 Å². The minimum Gasteiger partial charge on any atom is -0.485 e. The van der Waals surface area contributed by atoms with Gasteiger partial charge in [0.05, 0.1) is 5.02 Å². The van der Waals surface area contributed by atoms with Crippen LogP contribution in [-0.2, 0) is 14.3 Å². The number of fused-ring (bicyclic) bond motifs is 1. The van der Waals surface area contributed by atoms with Gasteiger partial charge in [0.2, 0.25) is 6.10 Å². The predicted octanol–water partition coefficient (Wildman–Crippen LogP) is 2.45. The molecule has 1 N–H and O–H groups in total. The first-order valence-electron chi connectivity index (χ1n) is 7.54. The lowest BCUT2D eigenvalue weighted by Crippen LogP contribution is -2.41. The summed E-state index contributed by atoms with van der Waals surface area (Å²) in [5, 5.41) is 2.99. The first-order valence-corrected chi connectivity index (χ1v) is 7.92. The fourth-order valence-corrected chi connectivity index (χ4v) is 2.23. The number of hydrogen-bond donors (Lipinski definition) is 1. The van der Waals surface area contributed by atoms with E-state index < -0.39 is 24.1 Å². The van der Waals surface area contributed by atoms with Gasteiger partial charge in [-0.05, 0) is 31.2 Å². The normalized spacial score (nSPS) is 16.6. The van der Waals surface area contributed by atoms with Gasteiger partial charge in [-0.25, -0.2) is 9.78 Å². The number of para-hydroxylation sites is 2. The number of hydrogen-bond acceptors (Lipinski definition) is 6. The summed E-state index contributed by atoms with van der Waals surface area (Å²) in [6, 6.07) is 10.1. The summed E-state index contributed by atoms with van der Waals surface area (Å²) in [5.41, 5.74) is 0. The highest BCUT2D eigenvalue weighted by Gasteiger charge is 2.31. The second kappa shape index (κ2) is 7.40. The molecule has 0 saturated heterocycles. The van der Waals surface area contributed by atoms with Gasteiger partial charge in [0.1, 0.15) is 12.4 Å². The minimum atomic E-state index is -1.02. The van der Waals surface area contributed by atoms with Crippen LogP contribution < -0.4 is 14.8 Å². The fraction of sp³-hybridized carbons (Fsp3) is 0.235. The Morgan fingerprint density at radius 1 is 1.28 bits per heavy atom. The smallest absolute Gasteiger partial charge is 0.351 e. The highest BCUT2D eigenvalue weighted by molar-refractivity contribution is 6.30. The van der Waals surface area contributed by atoms with Gasteiger partial charge in [-0.3, -0.25) is 4.79 Å².